The first-order chi connectivity index (χ1) is 7.57. The van der Waals surface area contributed by atoms with Gasteiger partial charge >= 0.3 is 0 Å². The molecule has 86 valence electrons. The Bertz CT molecular complexity index is 436. The fraction of sp³-hybridized carbons (Fsp3) is 0.600. The van der Waals surface area contributed by atoms with E-state index in [1.165, 1.54) is 12.8 Å². The van der Waals surface area contributed by atoms with Crippen molar-refractivity contribution in [1.29, 1.82) is 0 Å². The number of hydrogen-bond acceptors (Lipinski definition) is 1. The molecular formula is C15H20O. The molecule has 0 unspecified atom stereocenters. The molecular weight excluding hydrogens is 196 g/mol. The lowest BCUT2D eigenvalue weighted by molar-refractivity contribution is -0.00781. The van der Waals surface area contributed by atoms with Gasteiger partial charge in [0.2, 0.25) is 0 Å². The maximum Gasteiger partial charge on any atom is 0.108 e. The summed E-state index contributed by atoms with van der Waals surface area (Å²) in [6.07, 6.45) is 6.16. The van der Waals surface area contributed by atoms with E-state index in [0.717, 1.165) is 29.8 Å². The van der Waals surface area contributed by atoms with Crippen molar-refractivity contribution in [3.05, 3.63) is 35.3 Å². The summed E-state index contributed by atoms with van der Waals surface area (Å²) in [5.41, 5.74) is 2.15. The van der Waals surface area contributed by atoms with Gasteiger partial charge in [0.1, 0.15) is 11.5 Å². The molecule has 2 bridgehead atoms. The van der Waals surface area contributed by atoms with Crippen LogP contribution in [-0.4, -0.2) is 0 Å². The highest BCUT2D eigenvalue weighted by Gasteiger charge is 2.50. The minimum atomic E-state index is 0.533. The third-order valence-corrected chi connectivity index (χ3v) is 4.76. The van der Waals surface area contributed by atoms with Crippen molar-refractivity contribution in [2.24, 2.45) is 17.3 Å². The zero-order valence-corrected chi connectivity index (χ0v) is 10.4. The second-order valence-corrected chi connectivity index (χ2v) is 6.01. The molecule has 1 nitrogen and oxygen atoms in total. The van der Waals surface area contributed by atoms with Crippen LogP contribution >= 0.6 is 0 Å². The molecule has 0 spiro atoms. The van der Waals surface area contributed by atoms with Crippen LogP contribution in [0.15, 0.2) is 28.2 Å². The van der Waals surface area contributed by atoms with Crippen molar-refractivity contribution < 1.29 is 4.42 Å². The molecule has 0 amide bonds. The van der Waals surface area contributed by atoms with Gasteiger partial charge in [-0.3, -0.25) is 0 Å². The third-order valence-electron chi connectivity index (χ3n) is 4.76. The summed E-state index contributed by atoms with van der Waals surface area (Å²) in [4.78, 5) is 0. The predicted octanol–water partition coefficient (Wildman–Crippen LogP) is 4.12. The molecule has 1 heteroatoms. The van der Waals surface area contributed by atoms with Crippen molar-refractivity contribution in [3.63, 3.8) is 0 Å². The van der Waals surface area contributed by atoms with Crippen LogP contribution in [0.5, 0.6) is 0 Å². The quantitative estimate of drug-likeness (QED) is 0.678. The lowest BCUT2D eigenvalue weighted by Crippen LogP contribution is -2.48. The maximum absolute atomic E-state index is 5.68. The normalized spacial score (nSPS) is 30.8. The summed E-state index contributed by atoms with van der Waals surface area (Å²) in [5, 5.41) is 0. The van der Waals surface area contributed by atoms with Crippen molar-refractivity contribution in [2.45, 2.75) is 40.0 Å². The Morgan fingerprint density at radius 1 is 1.38 bits per heavy atom. The Kier molecular flexibility index (Phi) is 2.07. The standard InChI is InChI=1S/C15H20O/c1-10-4-7-13(16-10)8-11-5-6-12-9-14(11)15(12,2)3/h4-5,7,12,14H,6,8-9H2,1-3H3/t12-,14+/m0/s1. The molecule has 4 rings (SSSR count). The van der Waals surface area contributed by atoms with E-state index in [0.29, 0.717) is 5.41 Å². The van der Waals surface area contributed by atoms with E-state index in [1.54, 1.807) is 5.57 Å². The zero-order chi connectivity index (χ0) is 11.3. The summed E-state index contributed by atoms with van der Waals surface area (Å²) in [6, 6.07) is 4.18. The first kappa shape index (κ1) is 10.2. The maximum atomic E-state index is 5.68. The van der Waals surface area contributed by atoms with Crippen molar-refractivity contribution in [3.8, 4) is 0 Å². The van der Waals surface area contributed by atoms with Gasteiger partial charge in [0.15, 0.2) is 0 Å². The van der Waals surface area contributed by atoms with E-state index in [9.17, 15) is 0 Å². The topological polar surface area (TPSA) is 13.1 Å². The molecule has 1 aromatic rings. The molecule has 16 heavy (non-hydrogen) atoms. The smallest absolute Gasteiger partial charge is 0.108 e. The van der Waals surface area contributed by atoms with Crippen LogP contribution in [0.4, 0.5) is 0 Å². The largest absolute Gasteiger partial charge is 0.466 e. The van der Waals surface area contributed by atoms with Crippen LogP contribution in [-0.2, 0) is 6.42 Å². The zero-order valence-electron chi connectivity index (χ0n) is 10.4. The average molecular weight is 216 g/mol. The van der Waals surface area contributed by atoms with Gasteiger partial charge in [-0.05, 0) is 49.1 Å². The number of furan rings is 1. The number of rotatable bonds is 2. The van der Waals surface area contributed by atoms with Crippen LogP contribution in [0.3, 0.4) is 0 Å². The Balaban J connectivity index is 1.79. The lowest BCUT2D eigenvalue weighted by Gasteiger charge is -2.56. The first-order valence-electron chi connectivity index (χ1n) is 6.31. The predicted molar refractivity (Wildman–Crippen MR) is 65.2 cm³/mol. The monoisotopic (exact) mass is 216 g/mol. The van der Waals surface area contributed by atoms with Gasteiger partial charge in [-0.15, -0.1) is 0 Å². The molecule has 1 saturated carbocycles. The molecule has 1 heterocycles. The van der Waals surface area contributed by atoms with Crippen LogP contribution in [0.2, 0.25) is 0 Å². The van der Waals surface area contributed by atoms with E-state index in [4.69, 9.17) is 4.42 Å². The van der Waals surface area contributed by atoms with E-state index < -0.39 is 0 Å². The summed E-state index contributed by atoms with van der Waals surface area (Å²) < 4.78 is 5.68. The van der Waals surface area contributed by atoms with Gasteiger partial charge in [-0.1, -0.05) is 25.5 Å². The lowest BCUT2D eigenvalue weighted by atomic mass is 9.48. The molecule has 0 N–H and O–H groups in total. The average Bonchev–Trinajstić information content (AvgIpc) is 2.64. The van der Waals surface area contributed by atoms with Crippen LogP contribution in [0.1, 0.15) is 38.2 Å². The molecule has 0 aliphatic heterocycles. The van der Waals surface area contributed by atoms with Crippen molar-refractivity contribution in [1.82, 2.24) is 0 Å². The summed E-state index contributed by atoms with van der Waals surface area (Å²) in [5.74, 6) is 3.89. The highest BCUT2D eigenvalue weighted by molar-refractivity contribution is 5.27. The molecule has 0 saturated heterocycles. The van der Waals surface area contributed by atoms with Crippen LogP contribution in [0, 0.1) is 24.2 Å². The van der Waals surface area contributed by atoms with Gasteiger partial charge in [0.25, 0.3) is 0 Å². The van der Waals surface area contributed by atoms with Gasteiger partial charge in [0, 0.05) is 6.42 Å². The Morgan fingerprint density at radius 2 is 2.19 bits per heavy atom. The Hall–Kier alpha value is -0.980. The Morgan fingerprint density at radius 3 is 2.75 bits per heavy atom. The molecule has 1 fully saturated rings. The number of allylic oxidation sites excluding steroid dienone is 2. The third kappa shape index (κ3) is 1.37. The SMILES string of the molecule is Cc1ccc(CC2=CC[C@H]3C[C@H]2C3(C)C)o1. The minimum absolute atomic E-state index is 0.533. The Labute approximate surface area is 97.5 Å². The molecule has 1 aromatic heterocycles. The fourth-order valence-corrected chi connectivity index (χ4v) is 3.46. The van der Waals surface area contributed by atoms with Gasteiger partial charge < -0.3 is 4.42 Å². The minimum Gasteiger partial charge on any atom is -0.466 e. The van der Waals surface area contributed by atoms with Gasteiger partial charge in [-0.25, -0.2) is 0 Å². The number of aryl methyl sites for hydroxylation is 1. The van der Waals surface area contributed by atoms with Gasteiger partial charge in [-0.2, -0.15) is 0 Å². The second-order valence-electron chi connectivity index (χ2n) is 6.01. The number of hydrogen-bond donors (Lipinski definition) is 0. The fourth-order valence-electron chi connectivity index (χ4n) is 3.46. The van der Waals surface area contributed by atoms with E-state index in [1.807, 2.05) is 6.92 Å². The summed E-state index contributed by atoms with van der Waals surface area (Å²) >= 11 is 0. The van der Waals surface area contributed by atoms with Crippen LogP contribution < -0.4 is 0 Å². The van der Waals surface area contributed by atoms with Gasteiger partial charge in [0.05, 0.1) is 0 Å². The van der Waals surface area contributed by atoms with E-state index >= 15 is 0 Å². The first-order valence-corrected chi connectivity index (χ1v) is 6.31. The van der Waals surface area contributed by atoms with E-state index in [-0.39, 0.29) is 0 Å². The number of fused-ring (bicyclic) bond motifs is 1. The molecule has 0 radical (unpaired) electrons. The molecule has 2 atom stereocenters. The summed E-state index contributed by atoms with van der Waals surface area (Å²) in [7, 11) is 0. The highest BCUT2D eigenvalue weighted by Crippen LogP contribution is 2.59. The molecule has 3 aliphatic carbocycles. The highest BCUT2D eigenvalue weighted by atomic mass is 16.3. The summed E-state index contributed by atoms with van der Waals surface area (Å²) in [6.45, 7) is 6.86. The van der Waals surface area contributed by atoms with Crippen molar-refractivity contribution >= 4 is 0 Å². The van der Waals surface area contributed by atoms with E-state index in [2.05, 4.69) is 32.1 Å². The second kappa shape index (κ2) is 3.26. The van der Waals surface area contributed by atoms with Crippen LogP contribution in [0.25, 0.3) is 0 Å². The molecule has 0 aromatic carbocycles. The molecule has 3 aliphatic rings. The van der Waals surface area contributed by atoms with Crippen molar-refractivity contribution in [2.75, 3.05) is 0 Å².